The summed E-state index contributed by atoms with van der Waals surface area (Å²) in [5.41, 5.74) is 6.17. The number of benzene rings is 1. The SMILES string of the molecule is CC(=Nc1cccc(C(F)(F)F)c1)C(C=N)=C(C)N. The number of nitrogens with one attached hydrogen (secondary N) is 1. The van der Waals surface area contributed by atoms with Crippen LogP contribution in [0.1, 0.15) is 19.4 Å². The molecule has 0 aliphatic rings. The molecule has 0 saturated carbocycles. The number of aliphatic imine (C=N–C) groups is 1. The summed E-state index contributed by atoms with van der Waals surface area (Å²) in [5, 5.41) is 7.20. The summed E-state index contributed by atoms with van der Waals surface area (Å²) in [6, 6.07) is 4.69. The second-order valence-corrected chi connectivity index (χ2v) is 3.99. The second-order valence-electron chi connectivity index (χ2n) is 3.99. The van der Waals surface area contributed by atoms with Crippen LogP contribution >= 0.6 is 0 Å². The lowest BCUT2D eigenvalue weighted by Crippen LogP contribution is -2.07. The van der Waals surface area contributed by atoms with E-state index in [-0.39, 0.29) is 5.69 Å². The van der Waals surface area contributed by atoms with Crippen LogP contribution in [0.15, 0.2) is 40.5 Å². The molecule has 0 aromatic heterocycles. The summed E-state index contributed by atoms with van der Waals surface area (Å²) in [4.78, 5) is 4.05. The van der Waals surface area contributed by atoms with E-state index in [1.807, 2.05) is 0 Å². The molecule has 0 spiro atoms. The number of hydrogen-bond acceptors (Lipinski definition) is 3. The van der Waals surface area contributed by atoms with Crippen LogP contribution in [0.2, 0.25) is 0 Å². The van der Waals surface area contributed by atoms with Gasteiger partial charge in [0, 0.05) is 23.2 Å². The van der Waals surface area contributed by atoms with Gasteiger partial charge in [0.2, 0.25) is 0 Å². The smallest absolute Gasteiger partial charge is 0.402 e. The van der Waals surface area contributed by atoms with Crippen molar-refractivity contribution in [2.24, 2.45) is 10.7 Å². The number of allylic oxidation sites excluding steroid dienone is 2. The van der Waals surface area contributed by atoms with E-state index in [4.69, 9.17) is 11.1 Å². The number of nitrogens with zero attached hydrogens (tertiary/aromatic N) is 1. The van der Waals surface area contributed by atoms with Crippen molar-refractivity contribution < 1.29 is 13.2 Å². The Balaban J connectivity index is 3.19. The van der Waals surface area contributed by atoms with E-state index >= 15 is 0 Å². The van der Waals surface area contributed by atoms with Gasteiger partial charge < -0.3 is 11.1 Å². The van der Waals surface area contributed by atoms with E-state index in [0.717, 1.165) is 18.3 Å². The Labute approximate surface area is 109 Å². The van der Waals surface area contributed by atoms with Crippen LogP contribution < -0.4 is 5.73 Å². The van der Waals surface area contributed by atoms with Crippen molar-refractivity contribution in [3.8, 4) is 0 Å². The first-order valence-corrected chi connectivity index (χ1v) is 5.45. The number of hydrogen-bond donors (Lipinski definition) is 2. The zero-order valence-electron chi connectivity index (χ0n) is 10.5. The Morgan fingerprint density at radius 2 is 1.95 bits per heavy atom. The highest BCUT2D eigenvalue weighted by Crippen LogP contribution is 2.31. The van der Waals surface area contributed by atoms with Crippen LogP contribution in [0.3, 0.4) is 0 Å². The van der Waals surface area contributed by atoms with Crippen LogP contribution in [-0.2, 0) is 6.18 Å². The highest BCUT2D eigenvalue weighted by Gasteiger charge is 2.30. The minimum atomic E-state index is -4.40. The highest BCUT2D eigenvalue weighted by molar-refractivity contribution is 6.15. The topological polar surface area (TPSA) is 62.2 Å². The molecule has 19 heavy (non-hydrogen) atoms. The van der Waals surface area contributed by atoms with Crippen LogP contribution in [0.4, 0.5) is 18.9 Å². The molecule has 1 rings (SSSR count). The molecular formula is C13H14F3N3. The second kappa shape index (κ2) is 5.69. The van der Waals surface area contributed by atoms with E-state index in [1.165, 1.54) is 12.1 Å². The van der Waals surface area contributed by atoms with Gasteiger partial charge in [-0.1, -0.05) is 6.07 Å². The van der Waals surface area contributed by atoms with Gasteiger partial charge in [0.05, 0.1) is 11.3 Å². The van der Waals surface area contributed by atoms with Crippen molar-refractivity contribution in [1.82, 2.24) is 0 Å². The quantitative estimate of drug-likeness (QED) is 0.808. The standard InChI is InChI=1S/C13H14F3N3/c1-8(18)12(7-17)9(2)19-11-5-3-4-10(6-11)13(14,15)16/h3-7,17H,18H2,1-2H3. The largest absolute Gasteiger partial charge is 0.416 e. The maximum Gasteiger partial charge on any atom is 0.416 e. The summed E-state index contributed by atoms with van der Waals surface area (Å²) in [5.74, 6) is 0. The first kappa shape index (κ1) is 14.9. The molecule has 0 aliphatic heterocycles. The van der Waals surface area contributed by atoms with Crippen LogP contribution in [-0.4, -0.2) is 11.9 Å². The fraction of sp³-hybridized carbons (Fsp3) is 0.231. The van der Waals surface area contributed by atoms with Gasteiger partial charge in [-0.15, -0.1) is 0 Å². The number of halogens is 3. The fourth-order valence-electron chi connectivity index (χ4n) is 1.51. The molecule has 0 amide bonds. The van der Waals surface area contributed by atoms with E-state index in [2.05, 4.69) is 4.99 Å². The van der Waals surface area contributed by atoms with Crippen molar-refractivity contribution in [3.05, 3.63) is 41.1 Å². The molecule has 3 nitrogen and oxygen atoms in total. The van der Waals surface area contributed by atoms with Crippen molar-refractivity contribution >= 4 is 17.6 Å². The summed E-state index contributed by atoms with van der Waals surface area (Å²) in [6.45, 7) is 3.20. The molecule has 0 unspecified atom stereocenters. The van der Waals surface area contributed by atoms with E-state index in [9.17, 15) is 13.2 Å². The zero-order valence-corrected chi connectivity index (χ0v) is 10.5. The first-order valence-electron chi connectivity index (χ1n) is 5.45. The summed E-state index contributed by atoms with van der Waals surface area (Å²) in [6.07, 6.45) is -3.37. The normalized spacial score (nSPS) is 14.1. The van der Waals surface area contributed by atoms with Crippen LogP contribution in [0.5, 0.6) is 0 Å². The number of rotatable bonds is 3. The van der Waals surface area contributed by atoms with E-state index in [1.54, 1.807) is 13.8 Å². The van der Waals surface area contributed by atoms with E-state index in [0.29, 0.717) is 17.0 Å². The van der Waals surface area contributed by atoms with Crippen molar-refractivity contribution in [2.75, 3.05) is 0 Å². The molecule has 1 aromatic carbocycles. The van der Waals surface area contributed by atoms with Crippen molar-refractivity contribution in [3.63, 3.8) is 0 Å². The van der Waals surface area contributed by atoms with Crippen molar-refractivity contribution in [2.45, 2.75) is 20.0 Å². The maximum absolute atomic E-state index is 12.5. The molecule has 1 aromatic rings. The minimum Gasteiger partial charge on any atom is -0.402 e. The van der Waals surface area contributed by atoms with Crippen molar-refractivity contribution in [1.29, 1.82) is 5.41 Å². The summed E-state index contributed by atoms with van der Waals surface area (Å²) < 4.78 is 37.6. The molecule has 0 atom stereocenters. The lowest BCUT2D eigenvalue weighted by molar-refractivity contribution is -0.137. The van der Waals surface area contributed by atoms with E-state index < -0.39 is 11.7 Å². The molecule has 0 saturated heterocycles. The van der Waals surface area contributed by atoms with Gasteiger partial charge in [-0.3, -0.25) is 4.99 Å². The average molecular weight is 269 g/mol. The molecule has 0 bridgehead atoms. The third-order valence-electron chi connectivity index (χ3n) is 2.43. The molecule has 0 aliphatic carbocycles. The average Bonchev–Trinajstić information content (AvgIpc) is 2.28. The minimum absolute atomic E-state index is 0.174. The van der Waals surface area contributed by atoms with Gasteiger partial charge in [0.1, 0.15) is 0 Å². The van der Waals surface area contributed by atoms with Crippen LogP contribution in [0.25, 0.3) is 0 Å². The molecule has 0 fully saturated rings. The molecule has 3 N–H and O–H groups in total. The number of nitrogens with two attached hydrogens (primary N) is 1. The molecule has 0 heterocycles. The monoisotopic (exact) mass is 269 g/mol. The van der Waals surface area contributed by atoms with Crippen LogP contribution in [0, 0.1) is 5.41 Å². The Hall–Kier alpha value is -2.11. The maximum atomic E-state index is 12.5. The Morgan fingerprint density at radius 1 is 1.32 bits per heavy atom. The lowest BCUT2D eigenvalue weighted by atomic mass is 10.1. The summed E-state index contributed by atoms with van der Waals surface area (Å²) >= 11 is 0. The predicted octanol–water partition coefficient (Wildman–Crippen LogP) is 3.68. The zero-order chi connectivity index (χ0) is 14.6. The molecule has 102 valence electrons. The van der Waals surface area contributed by atoms with Gasteiger partial charge >= 0.3 is 6.18 Å². The Kier molecular flexibility index (Phi) is 4.47. The fourth-order valence-corrected chi connectivity index (χ4v) is 1.51. The molecule has 0 radical (unpaired) electrons. The van der Waals surface area contributed by atoms with Gasteiger partial charge in [-0.2, -0.15) is 13.2 Å². The number of alkyl halides is 3. The lowest BCUT2D eigenvalue weighted by Gasteiger charge is -2.08. The Morgan fingerprint density at radius 3 is 2.42 bits per heavy atom. The molecule has 6 heteroatoms. The van der Waals surface area contributed by atoms with Gasteiger partial charge in [-0.05, 0) is 32.0 Å². The Bertz CT molecular complexity index is 538. The predicted molar refractivity (Wildman–Crippen MR) is 69.9 cm³/mol. The summed E-state index contributed by atoms with van der Waals surface area (Å²) in [7, 11) is 0. The van der Waals surface area contributed by atoms with Gasteiger partial charge in [-0.25, -0.2) is 0 Å². The highest BCUT2D eigenvalue weighted by atomic mass is 19.4. The van der Waals surface area contributed by atoms with Gasteiger partial charge in [0.15, 0.2) is 0 Å². The van der Waals surface area contributed by atoms with Gasteiger partial charge in [0.25, 0.3) is 0 Å². The third-order valence-corrected chi connectivity index (χ3v) is 2.43. The first-order chi connectivity index (χ1) is 8.75. The molecular weight excluding hydrogens is 255 g/mol. The third kappa shape index (κ3) is 3.94.